The van der Waals surface area contributed by atoms with Crippen molar-refractivity contribution in [2.24, 2.45) is 5.92 Å². The molecule has 18 heavy (non-hydrogen) atoms. The summed E-state index contributed by atoms with van der Waals surface area (Å²) in [6, 6.07) is 1.54. The Bertz CT molecular complexity index is 422. The average molecular weight is 250 g/mol. The van der Waals surface area contributed by atoms with Gasteiger partial charge in [0.2, 0.25) is 0 Å². The van der Waals surface area contributed by atoms with Crippen LogP contribution in [0.15, 0.2) is 12.3 Å². The minimum absolute atomic E-state index is 0.0251. The van der Waals surface area contributed by atoms with E-state index < -0.39 is 5.97 Å². The Kier molecular flexibility index (Phi) is 4.12. The number of aromatic nitrogens is 2. The Morgan fingerprint density at radius 1 is 1.56 bits per heavy atom. The summed E-state index contributed by atoms with van der Waals surface area (Å²) in [4.78, 5) is 18.7. The lowest BCUT2D eigenvalue weighted by Crippen LogP contribution is -2.26. The number of aromatic carboxylic acids is 1. The molecular weight excluding hydrogens is 232 g/mol. The van der Waals surface area contributed by atoms with Crippen LogP contribution < -0.4 is 4.74 Å². The summed E-state index contributed by atoms with van der Waals surface area (Å²) < 4.78 is 5.69. The number of ether oxygens (including phenoxy) is 1. The summed E-state index contributed by atoms with van der Waals surface area (Å²) in [5.41, 5.74) is -0.0251. The van der Waals surface area contributed by atoms with Crippen molar-refractivity contribution in [3.8, 4) is 6.01 Å². The maximum Gasteiger partial charge on any atom is 0.354 e. The number of hydrogen-bond acceptors (Lipinski definition) is 4. The van der Waals surface area contributed by atoms with Gasteiger partial charge in [-0.25, -0.2) is 9.78 Å². The van der Waals surface area contributed by atoms with Crippen molar-refractivity contribution in [2.45, 2.75) is 45.1 Å². The number of nitrogens with zero attached hydrogens (tertiary/aromatic N) is 2. The van der Waals surface area contributed by atoms with E-state index in [1.807, 2.05) is 0 Å². The highest BCUT2D eigenvalue weighted by Crippen LogP contribution is 2.28. The maximum atomic E-state index is 10.8. The van der Waals surface area contributed by atoms with Crippen LogP contribution in [0.5, 0.6) is 6.01 Å². The van der Waals surface area contributed by atoms with Gasteiger partial charge in [0.05, 0.1) is 0 Å². The van der Waals surface area contributed by atoms with Crippen LogP contribution >= 0.6 is 0 Å². The Morgan fingerprint density at radius 3 is 3.11 bits per heavy atom. The van der Waals surface area contributed by atoms with Crippen molar-refractivity contribution in [2.75, 3.05) is 0 Å². The normalized spacial score (nSPS) is 23.6. The topological polar surface area (TPSA) is 72.3 Å². The molecule has 0 saturated heterocycles. The molecule has 1 heterocycles. The van der Waals surface area contributed by atoms with Gasteiger partial charge in [0.15, 0.2) is 5.69 Å². The van der Waals surface area contributed by atoms with Crippen LogP contribution in [0.4, 0.5) is 0 Å². The van der Waals surface area contributed by atoms with Crippen LogP contribution in [-0.4, -0.2) is 27.1 Å². The molecule has 0 aliphatic heterocycles. The van der Waals surface area contributed by atoms with E-state index in [1.165, 1.54) is 18.7 Å². The van der Waals surface area contributed by atoms with Gasteiger partial charge in [0.1, 0.15) is 6.10 Å². The lowest BCUT2D eigenvalue weighted by atomic mass is 9.86. The van der Waals surface area contributed by atoms with Gasteiger partial charge in [-0.2, -0.15) is 4.98 Å². The smallest absolute Gasteiger partial charge is 0.354 e. The van der Waals surface area contributed by atoms with Gasteiger partial charge in [-0.05, 0) is 31.2 Å². The van der Waals surface area contributed by atoms with Crippen LogP contribution in [0, 0.1) is 5.92 Å². The van der Waals surface area contributed by atoms with Crippen LogP contribution in [0.25, 0.3) is 0 Å². The van der Waals surface area contributed by atoms with Crippen molar-refractivity contribution >= 4 is 5.97 Å². The molecule has 0 aromatic carbocycles. The summed E-state index contributed by atoms with van der Waals surface area (Å²) in [6.45, 7) is 2.19. The van der Waals surface area contributed by atoms with E-state index in [2.05, 4.69) is 16.9 Å². The monoisotopic (exact) mass is 250 g/mol. The van der Waals surface area contributed by atoms with E-state index >= 15 is 0 Å². The summed E-state index contributed by atoms with van der Waals surface area (Å²) in [7, 11) is 0. The third-order valence-electron chi connectivity index (χ3n) is 3.44. The second kappa shape index (κ2) is 5.80. The van der Waals surface area contributed by atoms with E-state index in [-0.39, 0.29) is 17.8 Å². The van der Waals surface area contributed by atoms with Crippen LogP contribution in [0.2, 0.25) is 0 Å². The Balaban J connectivity index is 2.00. The fraction of sp³-hybridized carbons (Fsp3) is 0.615. The highest BCUT2D eigenvalue weighted by molar-refractivity contribution is 5.85. The van der Waals surface area contributed by atoms with Gasteiger partial charge < -0.3 is 9.84 Å². The molecule has 98 valence electrons. The van der Waals surface area contributed by atoms with Crippen LogP contribution in [0.3, 0.4) is 0 Å². The summed E-state index contributed by atoms with van der Waals surface area (Å²) >= 11 is 0. The maximum absolute atomic E-state index is 10.8. The number of carboxylic acid groups (broad SMARTS) is 1. The molecule has 1 aromatic rings. The first-order valence-electron chi connectivity index (χ1n) is 6.42. The van der Waals surface area contributed by atoms with Crippen molar-refractivity contribution in [1.82, 2.24) is 9.97 Å². The zero-order chi connectivity index (χ0) is 13.0. The minimum atomic E-state index is -1.06. The molecule has 2 unspecified atom stereocenters. The van der Waals surface area contributed by atoms with Gasteiger partial charge >= 0.3 is 12.0 Å². The van der Waals surface area contributed by atoms with Crippen molar-refractivity contribution in [3.05, 3.63) is 18.0 Å². The van der Waals surface area contributed by atoms with Gasteiger partial charge in [0.25, 0.3) is 0 Å². The molecule has 0 spiro atoms. The Labute approximate surface area is 106 Å². The summed E-state index contributed by atoms with van der Waals surface area (Å²) in [5.74, 6) is -0.358. The molecule has 5 heteroatoms. The molecule has 2 rings (SSSR count). The predicted molar refractivity (Wildman–Crippen MR) is 65.7 cm³/mol. The fourth-order valence-electron chi connectivity index (χ4n) is 2.39. The molecule has 2 atom stereocenters. The second-order valence-corrected chi connectivity index (χ2v) is 4.71. The number of rotatable bonds is 4. The lowest BCUT2D eigenvalue weighted by molar-refractivity contribution is 0.0684. The lowest BCUT2D eigenvalue weighted by Gasteiger charge is -2.28. The van der Waals surface area contributed by atoms with Crippen LogP contribution in [-0.2, 0) is 0 Å². The molecule has 1 aliphatic rings. The van der Waals surface area contributed by atoms with Crippen molar-refractivity contribution in [3.63, 3.8) is 0 Å². The predicted octanol–water partition coefficient (Wildman–Crippen LogP) is 2.52. The second-order valence-electron chi connectivity index (χ2n) is 4.71. The molecule has 1 N–H and O–H groups in total. The fourth-order valence-corrected chi connectivity index (χ4v) is 2.39. The quantitative estimate of drug-likeness (QED) is 0.888. The molecule has 5 nitrogen and oxygen atoms in total. The SMILES string of the molecule is CCC1CCCC(Oc2nccc(C(=O)O)n2)C1. The van der Waals surface area contributed by atoms with E-state index in [9.17, 15) is 4.79 Å². The Morgan fingerprint density at radius 2 is 2.39 bits per heavy atom. The number of carboxylic acids is 1. The zero-order valence-electron chi connectivity index (χ0n) is 10.5. The van der Waals surface area contributed by atoms with Crippen molar-refractivity contribution < 1.29 is 14.6 Å². The van der Waals surface area contributed by atoms with E-state index in [0.717, 1.165) is 25.7 Å². The molecule has 0 bridgehead atoms. The first-order valence-corrected chi connectivity index (χ1v) is 6.42. The third-order valence-corrected chi connectivity index (χ3v) is 3.44. The first-order chi connectivity index (χ1) is 8.69. The largest absolute Gasteiger partial charge is 0.477 e. The highest BCUT2D eigenvalue weighted by atomic mass is 16.5. The molecule has 1 aromatic heterocycles. The van der Waals surface area contributed by atoms with Gasteiger partial charge in [-0.3, -0.25) is 0 Å². The molecule has 1 fully saturated rings. The molecule has 1 aliphatic carbocycles. The van der Waals surface area contributed by atoms with E-state index in [0.29, 0.717) is 5.92 Å². The number of carbonyl (C=O) groups is 1. The minimum Gasteiger partial charge on any atom is -0.477 e. The van der Waals surface area contributed by atoms with Gasteiger partial charge in [-0.1, -0.05) is 19.8 Å². The summed E-state index contributed by atoms with van der Waals surface area (Å²) in [6.07, 6.45) is 7.12. The number of hydrogen-bond donors (Lipinski definition) is 1. The average Bonchev–Trinajstić information content (AvgIpc) is 2.39. The molecule has 0 radical (unpaired) electrons. The van der Waals surface area contributed by atoms with E-state index in [4.69, 9.17) is 9.84 Å². The highest BCUT2D eigenvalue weighted by Gasteiger charge is 2.23. The van der Waals surface area contributed by atoms with E-state index in [1.54, 1.807) is 0 Å². The standard InChI is InChI=1S/C13H18N2O3/c1-2-9-4-3-5-10(8-9)18-13-14-7-6-11(15-13)12(16)17/h6-7,9-10H,2-5,8H2,1H3,(H,16,17). The first kappa shape index (κ1) is 12.8. The van der Waals surface area contributed by atoms with Gasteiger partial charge in [-0.15, -0.1) is 0 Å². The third kappa shape index (κ3) is 3.18. The summed E-state index contributed by atoms with van der Waals surface area (Å²) in [5, 5.41) is 8.85. The molecule has 1 saturated carbocycles. The zero-order valence-corrected chi connectivity index (χ0v) is 10.5. The van der Waals surface area contributed by atoms with Crippen LogP contribution in [0.1, 0.15) is 49.5 Å². The molecule has 0 amide bonds. The molecular formula is C13H18N2O3. The Hall–Kier alpha value is -1.65. The van der Waals surface area contributed by atoms with Gasteiger partial charge in [0, 0.05) is 6.20 Å². The van der Waals surface area contributed by atoms with Crippen molar-refractivity contribution in [1.29, 1.82) is 0 Å².